The Morgan fingerprint density at radius 1 is 1.39 bits per heavy atom. The van der Waals surface area contributed by atoms with Crippen LogP contribution in [0.4, 0.5) is 0 Å². The van der Waals surface area contributed by atoms with Crippen LogP contribution in [0.15, 0.2) is 0 Å². The van der Waals surface area contributed by atoms with Gasteiger partial charge in [0, 0.05) is 11.8 Å². The summed E-state index contributed by atoms with van der Waals surface area (Å²) in [7, 11) is 1.25. The van der Waals surface area contributed by atoms with E-state index in [-0.39, 0.29) is 11.8 Å². The molecule has 0 heterocycles. The molecule has 1 fully saturated rings. The third kappa shape index (κ3) is 5.39. The van der Waals surface area contributed by atoms with Crippen LogP contribution in [0.1, 0.15) is 39.0 Å². The van der Waals surface area contributed by atoms with E-state index in [0.717, 1.165) is 25.7 Å². The van der Waals surface area contributed by atoms with Gasteiger partial charge in [-0.25, -0.2) is 4.79 Å². The lowest BCUT2D eigenvalue weighted by atomic mass is 9.85. The van der Waals surface area contributed by atoms with E-state index in [1.54, 1.807) is 0 Å². The zero-order valence-electron chi connectivity index (χ0n) is 13.6. The third-order valence-electron chi connectivity index (χ3n) is 4.25. The minimum absolute atomic E-state index is 0.100. The molecule has 0 radical (unpaired) electrons. The third-order valence-corrected chi connectivity index (χ3v) is 4.60. The van der Waals surface area contributed by atoms with Crippen LogP contribution in [-0.2, 0) is 19.1 Å². The van der Waals surface area contributed by atoms with Crippen molar-refractivity contribution in [2.45, 2.75) is 57.2 Å². The summed E-state index contributed by atoms with van der Waals surface area (Å²) in [6, 6.07) is -2.19. The van der Waals surface area contributed by atoms with E-state index in [1.165, 1.54) is 12.0 Å². The Morgan fingerprint density at radius 3 is 2.52 bits per heavy atom. The van der Waals surface area contributed by atoms with Crippen LogP contribution < -0.4 is 5.73 Å². The van der Waals surface area contributed by atoms with Crippen LogP contribution in [-0.4, -0.2) is 58.8 Å². The smallest absolute Gasteiger partial charge is 0.329 e. The number of carbonyl (C=O) groups is 3. The Hall–Kier alpha value is -1.28. The number of nitrogens with two attached hydrogens (primary N) is 1. The predicted octanol–water partition coefficient (Wildman–Crippen LogP) is 0.667. The first-order valence-electron chi connectivity index (χ1n) is 7.80. The average Bonchev–Trinajstić information content (AvgIpc) is 2.50. The standard InChI is InChI=1S/C15H26N2O5S/c1-9-4-3-5-10(6-9)17(12(8-23)15(21)22-2)14(20)11(16)7-13(18)19/h9-12,23H,3-8,16H2,1-2H3,(H,18,19)/t9?,10?,11-,12+/m0/s1. The van der Waals surface area contributed by atoms with Crippen molar-refractivity contribution < 1.29 is 24.2 Å². The highest BCUT2D eigenvalue weighted by molar-refractivity contribution is 7.80. The number of aliphatic carboxylic acids is 1. The number of rotatable bonds is 7. The van der Waals surface area contributed by atoms with Gasteiger partial charge >= 0.3 is 11.9 Å². The van der Waals surface area contributed by atoms with E-state index in [2.05, 4.69) is 19.6 Å². The zero-order chi connectivity index (χ0) is 17.6. The van der Waals surface area contributed by atoms with Crippen molar-refractivity contribution in [3.63, 3.8) is 0 Å². The van der Waals surface area contributed by atoms with Gasteiger partial charge in [-0.3, -0.25) is 9.59 Å². The van der Waals surface area contributed by atoms with Gasteiger partial charge in [-0.05, 0) is 18.8 Å². The predicted molar refractivity (Wildman–Crippen MR) is 88.2 cm³/mol. The molecule has 8 heteroatoms. The molecule has 0 spiro atoms. The van der Waals surface area contributed by atoms with Gasteiger partial charge in [-0.1, -0.05) is 19.8 Å². The Kier molecular flexibility index (Phi) is 7.84. The van der Waals surface area contributed by atoms with Crippen LogP contribution in [0.2, 0.25) is 0 Å². The Bertz CT molecular complexity index is 446. The van der Waals surface area contributed by atoms with Crippen LogP contribution in [0.25, 0.3) is 0 Å². The van der Waals surface area contributed by atoms with Crippen LogP contribution in [0, 0.1) is 5.92 Å². The lowest BCUT2D eigenvalue weighted by Gasteiger charge is -2.41. The van der Waals surface area contributed by atoms with Gasteiger partial charge in [0.1, 0.15) is 6.04 Å². The molecule has 4 atom stereocenters. The Morgan fingerprint density at radius 2 is 2.04 bits per heavy atom. The number of ether oxygens (including phenoxy) is 1. The number of nitrogens with zero attached hydrogens (tertiary/aromatic N) is 1. The van der Waals surface area contributed by atoms with Gasteiger partial charge in [0.2, 0.25) is 5.91 Å². The van der Waals surface area contributed by atoms with Crippen molar-refractivity contribution in [3.8, 4) is 0 Å². The van der Waals surface area contributed by atoms with E-state index in [9.17, 15) is 14.4 Å². The summed E-state index contributed by atoms with van der Waals surface area (Å²) < 4.78 is 4.77. The lowest BCUT2D eigenvalue weighted by Crippen LogP contribution is -2.58. The Balaban J connectivity index is 3.05. The maximum atomic E-state index is 12.7. The highest BCUT2D eigenvalue weighted by Crippen LogP contribution is 2.29. The molecule has 0 aliphatic heterocycles. The molecule has 0 bridgehead atoms. The molecule has 1 aliphatic carbocycles. The second-order valence-corrected chi connectivity index (χ2v) is 6.46. The van der Waals surface area contributed by atoms with Gasteiger partial charge in [0.25, 0.3) is 0 Å². The number of carbonyl (C=O) groups excluding carboxylic acids is 2. The van der Waals surface area contributed by atoms with E-state index >= 15 is 0 Å². The van der Waals surface area contributed by atoms with Crippen LogP contribution >= 0.6 is 12.6 Å². The molecular weight excluding hydrogens is 320 g/mol. The average molecular weight is 346 g/mol. The zero-order valence-corrected chi connectivity index (χ0v) is 14.5. The first-order valence-corrected chi connectivity index (χ1v) is 8.43. The largest absolute Gasteiger partial charge is 0.481 e. The lowest BCUT2D eigenvalue weighted by molar-refractivity contribution is -0.156. The van der Waals surface area contributed by atoms with E-state index in [1.807, 2.05) is 0 Å². The highest BCUT2D eigenvalue weighted by Gasteiger charge is 2.39. The van der Waals surface area contributed by atoms with E-state index in [4.69, 9.17) is 15.6 Å². The highest BCUT2D eigenvalue weighted by atomic mass is 32.1. The second-order valence-electron chi connectivity index (χ2n) is 6.10. The molecule has 3 N–H and O–H groups in total. The van der Waals surface area contributed by atoms with Gasteiger partial charge in [0.15, 0.2) is 0 Å². The number of carboxylic acids is 1. The molecule has 1 rings (SSSR count). The van der Waals surface area contributed by atoms with Gasteiger partial charge in [-0.15, -0.1) is 0 Å². The minimum Gasteiger partial charge on any atom is -0.481 e. The fourth-order valence-electron chi connectivity index (χ4n) is 3.12. The maximum absolute atomic E-state index is 12.7. The summed E-state index contributed by atoms with van der Waals surface area (Å²) in [5.74, 6) is -1.71. The molecule has 1 saturated carbocycles. The SMILES string of the molecule is COC(=O)[C@@H](CS)N(C(=O)[C@@H](N)CC(=O)O)C1CCCC(C)C1. The first kappa shape index (κ1) is 19.8. The van der Waals surface area contributed by atoms with Gasteiger partial charge < -0.3 is 20.5 Å². The second kappa shape index (κ2) is 9.12. The molecular formula is C15H26N2O5S. The van der Waals surface area contributed by atoms with Crippen molar-refractivity contribution in [2.24, 2.45) is 11.7 Å². The molecule has 1 aliphatic rings. The maximum Gasteiger partial charge on any atom is 0.329 e. The first-order chi connectivity index (χ1) is 10.8. The quantitative estimate of drug-likeness (QED) is 0.462. The molecule has 1 amide bonds. The minimum atomic E-state index is -1.18. The summed E-state index contributed by atoms with van der Waals surface area (Å²) >= 11 is 4.17. The van der Waals surface area contributed by atoms with Crippen molar-refractivity contribution >= 4 is 30.5 Å². The number of amides is 1. The Labute approximate surface area is 141 Å². The van der Waals surface area contributed by atoms with E-state index in [0.29, 0.717) is 5.92 Å². The molecule has 0 saturated heterocycles. The number of esters is 1. The van der Waals surface area contributed by atoms with Crippen molar-refractivity contribution in [3.05, 3.63) is 0 Å². The summed E-state index contributed by atoms with van der Waals surface area (Å²) in [4.78, 5) is 37.0. The molecule has 0 aromatic carbocycles. The normalized spacial score (nSPS) is 23.7. The monoisotopic (exact) mass is 346 g/mol. The van der Waals surface area contributed by atoms with Crippen molar-refractivity contribution in [2.75, 3.05) is 12.9 Å². The van der Waals surface area contributed by atoms with Gasteiger partial charge in [0.05, 0.1) is 19.6 Å². The van der Waals surface area contributed by atoms with Crippen molar-refractivity contribution in [1.82, 2.24) is 4.90 Å². The summed E-state index contributed by atoms with van der Waals surface area (Å²) in [5.41, 5.74) is 5.75. The molecule has 7 nitrogen and oxygen atoms in total. The van der Waals surface area contributed by atoms with E-state index < -0.39 is 36.4 Å². The number of thiol groups is 1. The summed E-state index contributed by atoms with van der Waals surface area (Å²) in [5, 5.41) is 8.86. The van der Waals surface area contributed by atoms with Crippen LogP contribution in [0.5, 0.6) is 0 Å². The molecule has 0 aromatic heterocycles. The van der Waals surface area contributed by atoms with Gasteiger partial charge in [-0.2, -0.15) is 12.6 Å². The molecule has 132 valence electrons. The number of hydrogen-bond donors (Lipinski definition) is 3. The summed E-state index contributed by atoms with van der Waals surface area (Å²) in [6.07, 6.45) is 3.07. The molecule has 0 aromatic rings. The fourth-order valence-corrected chi connectivity index (χ4v) is 3.45. The van der Waals surface area contributed by atoms with Crippen molar-refractivity contribution in [1.29, 1.82) is 0 Å². The molecule has 23 heavy (non-hydrogen) atoms. The number of carboxylic acid groups (broad SMARTS) is 1. The topological polar surface area (TPSA) is 110 Å². The fraction of sp³-hybridized carbons (Fsp3) is 0.800. The van der Waals surface area contributed by atoms with Crippen LogP contribution in [0.3, 0.4) is 0 Å². The molecule has 2 unspecified atom stereocenters. The number of hydrogen-bond acceptors (Lipinski definition) is 6. The number of methoxy groups -OCH3 is 1. The summed E-state index contributed by atoms with van der Waals surface area (Å²) in [6.45, 7) is 2.10.